The molecule has 1 aliphatic rings. The fraction of sp³-hybridized carbons (Fsp3) is 0.500. The lowest BCUT2D eigenvalue weighted by molar-refractivity contribution is 0.0994. The molecule has 0 fully saturated rings. The van der Waals surface area contributed by atoms with E-state index < -0.39 is 6.10 Å². The smallest absolute Gasteiger partial charge is 0.0928 e. The van der Waals surface area contributed by atoms with E-state index in [1.807, 2.05) is 41.7 Å². The van der Waals surface area contributed by atoms with Crippen molar-refractivity contribution >= 4 is 11.3 Å². The van der Waals surface area contributed by atoms with Gasteiger partial charge < -0.3 is 5.11 Å². The molecule has 22 heavy (non-hydrogen) atoms. The first-order valence-electron chi connectivity index (χ1n) is 8.10. The third kappa shape index (κ3) is 3.24. The van der Waals surface area contributed by atoms with E-state index in [1.165, 1.54) is 22.0 Å². The minimum atomic E-state index is -0.435. The number of hydrogen-bond donors (Lipinski definition) is 1. The molecule has 2 aromatic rings. The molecule has 3 rings (SSSR count). The van der Waals surface area contributed by atoms with E-state index in [0.717, 1.165) is 24.8 Å². The molecular weight excluding hydrogens is 292 g/mol. The third-order valence-corrected chi connectivity index (χ3v) is 5.79. The first-order chi connectivity index (χ1) is 10.7. The molecule has 118 valence electrons. The van der Waals surface area contributed by atoms with Crippen molar-refractivity contribution in [3.63, 3.8) is 0 Å². The van der Waals surface area contributed by atoms with Crippen LogP contribution in [-0.2, 0) is 12.8 Å². The van der Waals surface area contributed by atoms with Crippen molar-refractivity contribution < 1.29 is 5.11 Å². The molecule has 1 aromatic carbocycles. The number of aliphatic hydroxyl groups is 1. The molecule has 2 atom stereocenters. The molecule has 0 amide bonds. The highest BCUT2D eigenvalue weighted by Crippen LogP contribution is 2.38. The summed E-state index contributed by atoms with van der Waals surface area (Å²) in [5.74, 6) is 0. The Labute approximate surface area is 136 Å². The number of aliphatic hydroxyl groups excluding tert-OH is 1. The number of aromatic nitrogens is 1. The van der Waals surface area contributed by atoms with Gasteiger partial charge in [-0.3, -0.25) is 4.90 Å². The summed E-state index contributed by atoms with van der Waals surface area (Å²) in [6.45, 7) is 2.83. The Kier molecular flexibility index (Phi) is 4.91. The number of thiazole rings is 1. The maximum absolute atomic E-state index is 10.5. The van der Waals surface area contributed by atoms with Crippen molar-refractivity contribution in [2.24, 2.45) is 0 Å². The highest BCUT2D eigenvalue weighted by atomic mass is 32.1. The van der Waals surface area contributed by atoms with Gasteiger partial charge in [0.2, 0.25) is 0 Å². The second-order valence-corrected chi connectivity index (χ2v) is 7.16. The molecule has 2 unspecified atom stereocenters. The van der Waals surface area contributed by atoms with Gasteiger partial charge in [0.15, 0.2) is 0 Å². The molecule has 1 aromatic heterocycles. The van der Waals surface area contributed by atoms with Crippen LogP contribution in [0, 0.1) is 0 Å². The number of aryl methyl sites for hydroxylation is 2. The Bertz CT molecular complexity index is 611. The molecule has 0 aliphatic heterocycles. The molecule has 0 spiro atoms. The fourth-order valence-electron chi connectivity index (χ4n) is 3.20. The molecular formula is C18H24N2OS. The molecule has 1 aliphatic carbocycles. The van der Waals surface area contributed by atoms with Gasteiger partial charge in [0, 0.05) is 17.5 Å². The first-order valence-corrected chi connectivity index (χ1v) is 8.92. The molecule has 1 heterocycles. The SMILES string of the molecule is CCc1nc2c(s1)C(N(C)CC(O)c1ccccc1)CCC2. The minimum absolute atomic E-state index is 0.403. The molecule has 4 heteroatoms. The highest BCUT2D eigenvalue weighted by molar-refractivity contribution is 7.11. The van der Waals surface area contributed by atoms with E-state index in [2.05, 4.69) is 18.9 Å². The van der Waals surface area contributed by atoms with Gasteiger partial charge in [-0.25, -0.2) is 4.98 Å². The fourth-order valence-corrected chi connectivity index (χ4v) is 4.45. The van der Waals surface area contributed by atoms with E-state index in [-0.39, 0.29) is 0 Å². The van der Waals surface area contributed by atoms with Crippen LogP contribution in [0.15, 0.2) is 30.3 Å². The molecule has 1 N–H and O–H groups in total. The number of fused-ring (bicyclic) bond motifs is 1. The normalized spacial score (nSPS) is 19.2. The summed E-state index contributed by atoms with van der Waals surface area (Å²) in [5, 5.41) is 11.7. The van der Waals surface area contributed by atoms with Crippen LogP contribution in [0.2, 0.25) is 0 Å². The topological polar surface area (TPSA) is 36.4 Å². The van der Waals surface area contributed by atoms with Gasteiger partial charge >= 0.3 is 0 Å². The molecule has 0 saturated heterocycles. The second-order valence-electron chi connectivity index (χ2n) is 6.05. The van der Waals surface area contributed by atoms with E-state index in [1.54, 1.807) is 0 Å². The van der Waals surface area contributed by atoms with Crippen LogP contribution >= 0.6 is 11.3 Å². The maximum Gasteiger partial charge on any atom is 0.0928 e. The summed E-state index contributed by atoms with van der Waals surface area (Å²) in [5.41, 5.74) is 2.28. The number of rotatable bonds is 5. The van der Waals surface area contributed by atoms with Crippen molar-refractivity contribution in [1.82, 2.24) is 9.88 Å². The monoisotopic (exact) mass is 316 g/mol. The molecule has 3 nitrogen and oxygen atoms in total. The van der Waals surface area contributed by atoms with Crippen molar-refractivity contribution in [2.45, 2.75) is 44.8 Å². The molecule has 0 saturated carbocycles. The van der Waals surface area contributed by atoms with Gasteiger partial charge in [0.25, 0.3) is 0 Å². The van der Waals surface area contributed by atoms with Gasteiger partial charge in [0.1, 0.15) is 0 Å². The largest absolute Gasteiger partial charge is 0.387 e. The van der Waals surface area contributed by atoms with Crippen LogP contribution in [-0.4, -0.2) is 28.6 Å². The number of hydrogen-bond acceptors (Lipinski definition) is 4. The molecule has 0 radical (unpaired) electrons. The number of likely N-dealkylation sites (N-methyl/N-ethyl adjacent to an activating group) is 1. The van der Waals surface area contributed by atoms with Crippen LogP contribution < -0.4 is 0 Å². The van der Waals surface area contributed by atoms with Gasteiger partial charge in [-0.1, -0.05) is 37.3 Å². The van der Waals surface area contributed by atoms with Gasteiger partial charge in [0.05, 0.1) is 16.8 Å². The van der Waals surface area contributed by atoms with Crippen LogP contribution in [0.4, 0.5) is 0 Å². The van der Waals surface area contributed by atoms with Gasteiger partial charge in [-0.05, 0) is 38.3 Å². The van der Waals surface area contributed by atoms with E-state index in [9.17, 15) is 5.11 Å². The van der Waals surface area contributed by atoms with Crippen LogP contribution in [0.1, 0.15) is 53.1 Å². The highest BCUT2D eigenvalue weighted by Gasteiger charge is 2.28. The average Bonchev–Trinajstić information content (AvgIpc) is 2.98. The van der Waals surface area contributed by atoms with Crippen LogP contribution in [0.25, 0.3) is 0 Å². The van der Waals surface area contributed by atoms with E-state index in [4.69, 9.17) is 4.98 Å². The van der Waals surface area contributed by atoms with Gasteiger partial charge in [-0.15, -0.1) is 11.3 Å². The maximum atomic E-state index is 10.5. The molecule has 0 bridgehead atoms. The zero-order valence-corrected chi connectivity index (χ0v) is 14.1. The van der Waals surface area contributed by atoms with E-state index >= 15 is 0 Å². The summed E-state index contributed by atoms with van der Waals surface area (Å²) in [4.78, 5) is 8.49. The third-order valence-electron chi connectivity index (χ3n) is 4.45. The lowest BCUT2D eigenvalue weighted by Gasteiger charge is -2.32. The van der Waals surface area contributed by atoms with Gasteiger partial charge in [-0.2, -0.15) is 0 Å². The lowest BCUT2D eigenvalue weighted by atomic mass is 9.96. The summed E-state index contributed by atoms with van der Waals surface area (Å²) in [6.07, 6.45) is 4.04. The lowest BCUT2D eigenvalue weighted by Crippen LogP contribution is -2.30. The van der Waals surface area contributed by atoms with Crippen molar-refractivity contribution in [1.29, 1.82) is 0 Å². The number of nitrogens with zero attached hydrogens (tertiary/aromatic N) is 2. The second kappa shape index (κ2) is 6.90. The van der Waals surface area contributed by atoms with Crippen molar-refractivity contribution in [2.75, 3.05) is 13.6 Å². The summed E-state index contributed by atoms with van der Waals surface area (Å²) in [6, 6.07) is 10.3. The summed E-state index contributed by atoms with van der Waals surface area (Å²) in [7, 11) is 2.12. The quantitative estimate of drug-likeness (QED) is 0.912. The Hall–Kier alpha value is -1.23. The first kappa shape index (κ1) is 15.7. The Morgan fingerprint density at radius 2 is 2.14 bits per heavy atom. The Morgan fingerprint density at radius 3 is 2.86 bits per heavy atom. The summed E-state index contributed by atoms with van der Waals surface area (Å²) < 4.78 is 0. The van der Waals surface area contributed by atoms with Crippen molar-refractivity contribution in [3.05, 3.63) is 51.5 Å². The van der Waals surface area contributed by atoms with Crippen LogP contribution in [0.3, 0.4) is 0 Å². The van der Waals surface area contributed by atoms with E-state index in [0.29, 0.717) is 12.6 Å². The zero-order chi connectivity index (χ0) is 15.5. The zero-order valence-electron chi connectivity index (χ0n) is 13.3. The summed E-state index contributed by atoms with van der Waals surface area (Å²) >= 11 is 1.86. The average molecular weight is 316 g/mol. The van der Waals surface area contributed by atoms with Crippen molar-refractivity contribution in [3.8, 4) is 0 Å². The van der Waals surface area contributed by atoms with Crippen LogP contribution in [0.5, 0.6) is 0 Å². The standard InChI is InChI=1S/C18H24N2OS/c1-3-17-19-14-10-7-11-15(18(14)22-17)20(2)12-16(21)13-8-5-4-6-9-13/h4-6,8-9,15-16,21H,3,7,10-12H2,1-2H3. The number of benzene rings is 1. The predicted molar refractivity (Wildman–Crippen MR) is 91.2 cm³/mol. The Balaban J connectivity index is 1.73. The minimum Gasteiger partial charge on any atom is -0.387 e. The predicted octanol–water partition coefficient (Wildman–Crippen LogP) is 3.75. The Morgan fingerprint density at radius 1 is 1.36 bits per heavy atom.